The molecule has 0 spiro atoms. The summed E-state index contributed by atoms with van der Waals surface area (Å²) in [6, 6.07) is 5.32. The zero-order chi connectivity index (χ0) is 10.8. The second-order valence-corrected chi connectivity index (χ2v) is 2.91. The molecule has 1 aromatic rings. The summed E-state index contributed by atoms with van der Waals surface area (Å²) in [5.41, 5.74) is 6.11. The van der Waals surface area contributed by atoms with Crippen LogP contribution >= 0.6 is 0 Å². The van der Waals surface area contributed by atoms with Crippen LogP contribution < -0.4 is 10.5 Å². The van der Waals surface area contributed by atoms with Gasteiger partial charge in [0.25, 0.3) is 0 Å². The highest BCUT2D eigenvalue weighted by Crippen LogP contribution is 2.24. The first-order valence-electron chi connectivity index (χ1n) is 4.00. The Balaban J connectivity index is 2.84. The van der Waals surface area contributed by atoms with E-state index in [1.807, 2.05) is 0 Å². The third-order valence-electron chi connectivity index (χ3n) is 1.62. The van der Waals surface area contributed by atoms with Gasteiger partial charge in [-0.2, -0.15) is 0 Å². The van der Waals surface area contributed by atoms with Crippen LogP contribution in [-0.4, -0.2) is 6.36 Å². The Bertz CT molecular complexity index is 309. The topological polar surface area (TPSA) is 35.2 Å². The van der Waals surface area contributed by atoms with E-state index >= 15 is 0 Å². The van der Waals surface area contributed by atoms with Crippen LogP contribution in [0.3, 0.4) is 0 Å². The molecule has 0 aliphatic rings. The standard InChI is InChI=1S/C9H10F3NO/c1-6(13)7-3-2-4-8(5-7)14-9(10,11)12/h2-6H,13H2,1H3/t6-/m1/s1. The van der Waals surface area contributed by atoms with Gasteiger partial charge in [0.1, 0.15) is 5.75 Å². The average molecular weight is 205 g/mol. The molecule has 0 amide bonds. The molecule has 14 heavy (non-hydrogen) atoms. The van der Waals surface area contributed by atoms with Gasteiger partial charge in [-0.05, 0) is 24.6 Å². The van der Waals surface area contributed by atoms with E-state index < -0.39 is 6.36 Å². The molecule has 2 N–H and O–H groups in total. The summed E-state index contributed by atoms with van der Waals surface area (Å²) in [6.07, 6.45) is -4.66. The van der Waals surface area contributed by atoms with Crippen molar-refractivity contribution < 1.29 is 17.9 Å². The molecular formula is C9H10F3NO. The predicted molar refractivity (Wildman–Crippen MR) is 45.7 cm³/mol. The van der Waals surface area contributed by atoms with Gasteiger partial charge in [0.2, 0.25) is 0 Å². The maximum Gasteiger partial charge on any atom is 0.573 e. The molecule has 0 radical (unpaired) electrons. The van der Waals surface area contributed by atoms with Gasteiger partial charge < -0.3 is 10.5 Å². The number of hydrogen-bond acceptors (Lipinski definition) is 2. The van der Waals surface area contributed by atoms with E-state index in [4.69, 9.17) is 5.73 Å². The van der Waals surface area contributed by atoms with Gasteiger partial charge in [0.05, 0.1) is 0 Å². The summed E-state index contributed by atoms with van der Waals surface area (Å²) in [6.45, 7) is 1.69. The first kappa shape index (κ1) is 10.8. The van der Waals surface area contributed by atoms with Gasteiger partial charge in [-0.3, -0.25) is 0 Å². The molecule has 2 nitrogen and oxygen atoms in total. The number of hydrogen-bond donors (Lipinski definition) is 1. The molecule has 1 atom stereocenters. The summed E-state index contributed by atoms with van der Waals surface area (Å²) in [4.78, 5) is 0. The SMILES string of the molecule is C[C@@H](N)c1cccc(OC(F)(F)F)c1. The van der Waals surface area contributed by atoms with Crippen LogP contribution in [0.4, 0.5) is 13.2 Å². The second kappa shape index (κ2) is 3.88. The van der Waals surface area contributed by atoms with Gasteiger partial charge in [-0.1, -0.05) is 12.1 Å². The van der Waals surface area contributed by atoms with Crippen LogP contribution in [-0.2, 0) is 0 Å². The fraction of sp³-hybridized carbons (Fsp3) is 0.333. The Morgan fingerprint density at radius 1 is 1.36 bits per heavy atom. The van der Waals surface area contributed by atoms with E-state index in [2.05, 4.69) is 4.74 Å². The zero-order valence-electron chi connectivity index (χ0n) is 7.51. The van der Waals surface area contributed by atoms with Gasteiger partial charge in [-0.15, -0.1) is 13.2 Å². The van der Waals surface area contributed by atoms with Crippen molar-refractivity contribution in [2.75, 3.05) is 0 Å². The monoisotopic (exact) mass is 205 g/mol. The molecule has 0 aromatic heterocycles. The van der Waals surface area contributed by atoms with E-state index in [9.17, 15) is 13.2 Å². The van der Waals surface area contributed by atoms with Crippen LogP contribution in [0, 0.1) is 0 Å². The molecule has 0 aliphatic heterocycles. The molecule has 0 bridgehead atoms. The summed E-state index contributed by atoms with van der Waals surface area (Å²) in [5, 5.41) is 0. The van der Waals surface area contributed by atoms with E-state index in [0.717, 1.165) is 0 Å². The van der Waals surface area contributed by atoms with Gasteiger partial charge in [-0.25, -0.2) is 0 Å². The quantitative estimate of drug-likeness (QED) is 0.805. The number of halogens is 3. The Kier molecular flexibility index (Phi) is 3.00. The van der Waals surface area contributed by atoms with Crippen molar-refractivity contribution in [1.82, 2.24) is 0 Å². The molecule has 1 rings (SSSR count). The van der Waals surface area contributed by atoms with Crippen molar-refractivity contribution in [1.29, 1.82) is 0 Å². The first-order chi connectivity index (χ1) is 6.38. The predicted octanol–water partition coefficient (Wildman–Crippen LogP) is 2.60. The highest BCUT2D eigenvalue weighted by molar-refractivity contribution is 5.30. The van der Waals surface area contributed by atoms with Gasteiger partial charge in [0, 0.05) is 6.04 Å². The Hall–Kier alpha value is -1.23. The fourth-order valence-corrected chi connectivity index (χ4v) is 0.995. The summed E-state index contributed by atoms with van der Waals surface area (Å²) in [5.74, 6) is -0.243. The minimum atomic E-state index is -4.66. The van der Waals surface area contributed by atoms with E-state index in [1.165, 1.54) is 18.2 Å². The molecular weight excluding hydrogens is 195 g/mol. The average Bonchev–Trinajstić information content (AvgIpc) is 2.01. The molecule has 0 aliphatic carbocycles. The van der Waals surface area contributed by atoms with Crippen LogP contribution in [0.5, 0.6) is 5.75 Å². The third-order valence-corrected chi connectivity index (χ3v) is 1.62. The lowest BCUT2D eigenvalue weighted by Gasteiger charge is -2.11. The van der Waals surface area contributed by atoms with Gasteiger partial charge >= 0.3 is 6.36 Å². The Morgan fingerprint density at radius 2 is 2.00 bits per heavy atom. The number of ether oxygens (including phenoxy) is 1. The van der Waals surface area contributed by atoms with E-state index in [-0.39, 0.29) is 11.8 Å². The van der Waals surface area contributed by atoms with Crippen molar-refractivity contribution in [3.05, 3.63) is 29.8 Å². The molecule has 1 aromatic carbocycles. The maximum atomic E-state index is 11.8. The van der Waals surface area contributed by atoms with Crippen LogP contribution in [0.1, 0.15) is 18.5 Å². The largest absolute Gasteiger partial charge is 0.573 e. The smallest absolute Gasteiger partial charge is 0.406 e. The van der Waals surface area contributed by atoms with Crippen molar-refractivity contribution in [3.63, 3.8) is 0 Å². The number of alkyl halides is 3. The van der Waals surface area contributed by atoms with E-state index in [1.54, 1.807) is 13.0 Å². The van der Waals surface area contributed by atoms with Crippen molar-refractivity contribution >= 4 is 0 Å². The maximum absolute atomic E-state index is 11.8. The lowest BCUT2D eigenvalue weighted by atomic mass is 10.1. The minimum absolute atomic E-state index is 0.243. The molecule has 5 heteroatoms. The van der Waals surface area contributed by atoms with Crippen molar-refractivity contribution in [2.45, 2.75) is 19.3 Å². The summed E-state index contributed by atoms with van der Waals surface area (Å²) < 4.78 is 39.2. The van der Waals surface area contributed by atoms with E-state index in [0.29, 0.717) is 5.56 Å². The Morgan fingerprint density at radius 3 is 2.50 bits per heavy atom. The number of rotatable bonds is 2. The Labute approximate surface area is 79.5 Å². The first-order valence-corrected chi connectivity index (χ1v) is 4.00. The molecule has 0 unspecified atom stereocenters. The minimum Gasteiger partial charge on any atom is -0.406 e. The van der Waals surface area contributed by atoms with Crippen LogP contribution in [0.25, 0.3) is 0 Å². The van der Waals surface area contributed by atoms with Crippen LogP contribution in [0.15, 0.2) is 24.3 Å². The highest BCUT2D eigenvalue weighted by atomic mass is 19.4. The highest BCUT2D eigenvalue weighted by Gasteiger charge is 2.31. The summed E-state index contributed by atoms with van der Waals surface area (Å²) >= 11 is 0. The molecule has 0 heterocycles. The lowest BCUT2D eigenvalue weighted by molar-refractivity contribution is -0.274. The normalized spacial score (nSPS) is 13.8. The fourth-order valence-electron chi connectivity index (χ4n) is 0.995. The second-order valence-electron chi connectivity index (χ2n) is 2.91. The lowest BCUT2D eigenvalue weighted by Crippen LogP contribution is -2.17. The zero-order valence-corrected chi connectivity index (χ0v) is 7.51. The molecule has 0 fully saturated rings. The third kappa shape index (κ3) is 3.26. The number of benzene rings is 1. The van der Waals surface area contributed by atoms with Crippen molar-refractivity contribution in [3.8, 4) is 5.75 Å². The molecule has 0 saturated heterocycles. The summed E-state index contributed by atoms with van der Waals surface area (Å²) in [7, 11) is 0. The van der Waals surface area contributed by atoms with Crippen LogP contribution in [0.2, 0.25) is 0 Å². The molecule has 78 valence electrons. The number of nitrogens with two attached hydrogens (primary N) is 1. The molecule has 0 saturated carbocycles. The van der Waals surface area contributed by atoms with Gasteiger partial charge in [0.15, 0.2) is 0 Å². The van der Waals surface area contributed by atoms with Crippen molar-refractivity contribution in [2.24, 2.45) is 5.73 Å².